The van der Waals surface area contributed by atoms with Gasteiger partial charge in [0.25, 0.3) is 0 Å². The van der Waals surface area contributed by atoms with Gasteiger partial charge in [-0.05, 0) is 13.0 Å². The Morgan fingerprint density at radius 1 is 1.42 bits per heavy atom. The number of nitrogens with zero attached hydrogens (tertiary/aromatic N) is 1. The normalized spacial score (nSPS) is 28.6. The minimum atomic E-state index is -0.703. The highest BCUT2D eigenvalue weighted by Gasteiger charge is 2.54. The van der Waals surface area contributed by atoms with Gasteiger partial charge in [-0.25, -0.2) is 0 Å². The highest BCUT2D eigenvalue weighted by atomic mass is 35.5. The lowest BCUT2D eigenvalue weighted by Crippen LogP contribution is -2.30. The number of ether oxygens (including phenoxy) is 2. The first-order valence-electron chi connectivity index (χ1n) is 6.03. The second-order valence-corrected chi connectivity index (χ2v) is 4.67. The fraction of sp³-hybridized carbons (Fsp3) is 0.385. The van der Waals surface area contributed by atoms with E-state index in [0.717, 1.165) is 0 Å². The summed E-state index contributed by atoms with van der Waals surface area (Å²) in [5.74, 6) is -0.962. The quantitative estimate of drug-likeness (QED) is 0.795. The summed E-state index contributed by atoms with van der Waals surface area (Å²) in [6.07, 6.45) is -1.23. The molecule has 0 N–H and O–H groups in total. The zero-order chi connectivity index (χ0) is 13.4. The van der Waals surface area contributed by atoms with Gasteiger partial charge in [0.05, 0.1) is 0 Å². The molecule has 1 saturated heterocycles. The fourth-order valence-electron chi connectivity index (χ4n) is 2.28. The third kappa shape index (κ3) is 1.99. The van der Waals surface area contributed by atoms with Gasteiger partial charge in [-0.3, -0.25) is 4.79 Å². The van der Waals surface area contributed by atoms with Crippen LogP contribution in [0.1, 0.15) is 12.5 Å². The molecule has 2 aliphatic rings. The van der Waals surface area contributed by atoms with Gasteiger partial charge in [-0.2, -0.15) is 0 Å². The lowest BCUT2D eigenvalue weighted by Gasteiger charge is -2.13. The molecule has 3 atom stereocenters. The van der Waals surface area contributed by atoms with E-state index in [2.05, 4.69) is 5.16 Å². The summed E-state index contributed by atoms with van der Waals surface area (Å²) >= 11 is 6.12. The molecule has 0 aromatic heterocycles. The van der Waals surface area contributed by atoms with E-state index in [1.165, 1.54) is 0 Å². The van der Waals surface area contributed by atoms with Crippen molar-refractivity contribution in [3.63, 3.8) is 0 Å². The average molecular weight is 282 g/mol. The molecule has 6 heteroatoms. The number of hydrogen-bond acceptors (Lipinski definition) is 5. The van der Waals surface area contributed by atoms with Crippen LogP contribution in [0.15, 0.2) is 29.4 Å². The molecular formula is C13H12ClNO4. The van der Waals surface area contributed by atoms with Crippen molar-refractivity contribution in [3.8, 4) is 0 Å². The lowest BCUT2D eigenvalue weighted by molar-refractivity contribution is -0.177. The maximum absolute atomic E-state index is 11.9. The van der Waals surface area contributed by atoms with E-state index in [1.54, 1.807) is 12.1 Å². The number of cyclic esters (lactones) is 1. The lowest BCUT2D eigenvalue weighted by atomic mass is 9.94. The number of benzene rings is 1. The summed E-state index contributed by atoms with van der Waals surface area (Å²) < 4.78 is 10.5. The summed E-state index contributed by atoms with van der Waals surface area (Å²) in [6.45, 7) is 2.26. The first-order valence-corrected chi connectivity index (χ1v) is 6.41. The van der Waals surface area contributed by atoms with Crippen molar-refractivity contribution in [2.75, 3.05) is 6.61 Å². The zero-order valence-corrected chi connectivity index (χ0v) is 11.0. The molecule has 1 aromatic rings. The van der Waals surface area contributed by atoms with Gasteiger partial charge in [0.15, 0.2) is 0 Å². The van der Waals surface area contributed by atoms with Crippen molar-refractivity contribution in [2.24, 2.45) is 11.1 Å². The van der Waals surface area contributed by atoms with E-state index in [4.69, 9.17) is 25.9 Å². The molecular weight excluding hydrogens is 270 g/mol. The number of carbonyl (C=O) groups excluding carboxylic acids is 1. The largest absolute Gasteiger partial charge is 0.431 e. The Balaban J connectivity index is 1.91. The first-order chi connectivity index (χ1) is 9.22. The molecule has 19 heavy (non-hydrogen) atoms. The molecule has 5 nitrogen and oxygen atoms in total. The third-order valence-electron chi connectivity index (χ3n) is 3.13. The van der Waals surface area contributed by atoms with Crippen molar-refractivity contribution in [1.82, 2.24) is 0 Å². The van der Waals surface area contributed by atoms with Crippen LogP contribution in [0.25, 0.3) is 0 Å². The van der Waals surface area contributed by atoms with Crippen LogP contribution in [-0.4, -0.2) is 30.7 Å². The van der Waals surface area contributed by atoms with E-state index >= 15 is 0 Å². The first kappa shape index (κ1) is 12.4. The molecule has 1 fully saturated rings. The molecule has 100 valence electrons. The van der Waals surface area contributed by atoms with Crippen LogP contribution in [0.5, 0.6) is 0 Å². The maximum Gasteiger partial charge on any atom is 0.321 e. The van der Waals surface area contributed by atoms with Gasteiger partial charge < -0.3 is 14.3 Å². The number of oxime groups is 1. The van der Waals surface area contributed by atoms with Crippen molar-refractivity contribution in [1.29, 1.82) is 0 Å². The van der Waals surface area contributed by atoms with E-state index in [9.17, 15) is 4.79 Å². The predicted octanol–water partition coefficient (Wildman–Crippen LogP) is 1.98. The molecule has 0 unspecified atom stereocenters. The van der Waals surface area contributed by atoms with Gasteiger partial charge in [0.2, 0.25) is 12.4 Å². The van der Waals surface area contributed by atoms with E-state index in [0.29, 0.717) is 22.9 Å². The van der Waals surface area contributed by atoms with Crippen molar-refractivity contribution >= 4 is 23.3 Å². The smallest absolute Gasteiger partial charge is 0.321 e. The molecule has 3 rings (SSSR count). The van der Waals surface area contributed by atoms with Gasteiger partial charge in [0.1, 0.15) is 11.6 Å². The van der Waals surface area contributed by atoms with Gasteiger partial charge in [-0.15, -0.1) is 0 Å². The summed E-state index contributed by atoms with van der Waals surface area (Å²) in [6, 6.07) is 7.19. The van der Waals surface area contributed by atoms with E-state index < -0.39 is 18.3 Å². The summed E-state index contributed by atoms with van der Waals surface area (Å²) in [7, 11) is 0. The van der Waals surface area contributed by atoms with Crippen LogP contribution in [0.4, 0.5) is 0 Å². The summed E-state index contributed by atoms with van der Waals surface area (Å²) in [4.78, 5) is 17.2. The van der Waals surface area contributed by atoms with Crippen LogP contribution in [0.2, 0.25) is 5.02 Å². The minimum Gasteiger partial charge on any atom is -0.431 e. The molecule has 1 aromatic carbocycles. The van der Waals surface area contributed by atoms with E-state index in [-0.39, 0.29) is 5.97 Å². The predicted molar refractivity (Wildman–Crippen MR) is 67.9 cm³/mol. The van der Waals surface area contributed by atoms with E-state index in [1.807, 2.05) is 19.1 Å². The highest BCUT2D eigenvalue weighted by Crippen LogP contribution is 2.35. The average Bonchev–Trinajstić information content (AvgIpc) is 2.94. The molecule has 0 saturated carbocycles. The third-order valence-corrected chi connectivity index (χ3v) is 3.46. The number of fused-ring (bicyclic) bond motifs is 1. The van der Waals surface area contributed by atoms with Crippen LogP contribution >= 0.6 is 11.6 Å². The molecule has 0 spiro atoms. The molecule has 0 radical (unpaired) electrons. The van der Waals surface area contributed by atoms with Crippen molar-refractivity contribution < 1.29 is 19.1 Å². The van der Waals surface area contributed by atoms with Crippen LogP contribution in [-0.2, 0) is 19.1 Å². The summed E-state index contributed by atoms with van der Waals surface area (Å²) in [5.41, 5.74) is 1.19. The molecule has 0 amide bonds. The standard InChI is InChI=1S/C13H12ClNO4/c1-2-17-13-11-9(12(16)18-13)10(15-19-11)7-5-3-4-6-8(7)14/h3-6,9,11,13H,2H2,1H3/t9-,11-,13+/m1/s1. The van der Waals surface area contributed by atoms with Gasteiger partial charge in [0, 0.05) is 17.2 Å². The van der Waals surface area contributed by atoms with Gasteiger partial charge >= 0.3 is 5.97 Å². The number of carbonyl (C=O) groups is 1. The fourth-order valence-corrected chi connectivity index (χ4v) is 2.51. The monoisotopic (exact) mass is 281 g/mol. The molecule has 2 aliphatic heterocycles. The zero-order valence-electron chi connectivity index (χ0n) is 10.2. The number of halogens is 1. The van der Waals surface area contributed by atoms with Crippen LogP contribution in [0, 0.1) is 5.92 Å². The Kier molecular flexibility index (Phi) is 3.16. The molecule has 0 aliphatic carbocycles. The number of rotatable bonds is 3. The maximum atomic E-state index is 11.9. The van der Waals surface area contributed by atoms with Crippen molar-refractivity contribution in [2.45, 2.75) is 19.3 Å². The Bertz CT molecular complexity index is 545. The Hall–Kier alpha value is -1.59. The van der Waals surface area contributed by atoms with Crippen molar-refractivity contribution in [3.05, 3.63) is 34.9 Å². The minimum absolute atomic E-state index is 0.389. The topological polar surface area (TPSA) is 57.1 Å². The Morgan fingerprint density at radius 3 is 2.95 bits per heavy atom. The van der Waals surface area contributed by atoms with Crippen LogP contribution < -0.4 is 0 Å². The molecule has 2 heterocycles. The Labute approximate surface area is 115 Å². The number of hydrogen-bond donors (Lipinski definition) is 0. The van der Waals surface area contributed by atoms with Crippen LogP contribution in [0.3, 0.4) is 0 Å². The van der Waals surface area contributed by atoms with Gasteiger partial charge in [-0.1, -0.05) is 35.0 Å². The molecule has 0 bridgehead atoms. The second-order valence-electron chi connectivity index (χ2n) is 4.26. The summed E-state index contributed by atoms with van der Waals surface area (Å²) in [5, 5.41) is 4.51. The number of esters is 1. The SMILES string of the molecule is CCO[C@H]1OC(=O)[C@@H]2C(c3ccccc3Cl)=NO[C@@H]12. The Morgan fingerprint density at radius 2 is 2.21 bits per heavy atom. The second kappa shape index (κ2) is 4.83. The highest BCUT2D eigenvalue weighted by molar-refractivity contribution is 6.35.